The van der Waals surface area contributed by atoms with Crippen molar-refractivity contribution in [3.8, 4) is 0 Å². The summed E-state index contributed by atoms with van der Waals surface area (Å²) in [5, 5.41) is 3.07. The fraction of sp³-hybridized carbons (Fsp3) is 0.667. The minimum atomic E-state index is -4.63. The molecule has 2 fully saturated rings. The van der Waals surface area contributed by atoms with Crippen molar-refractivity contribution in [3.63, 3.8) is 0 Å². The molecule has 1 aromatic rings. The number of hydrogen-bond donors (Lipinski definition) is 1. The Morgan fingerprint density at radius 2 is 1.68 bits per heavy atom. The van der Waals surface area contributed by atoms with Gasteiger partial charge in [0.15, 0.2) is 0 Å². The Balaban J connectivity index is 2.00. The van der Waals surface area contributed by atoms with Gasteiger partial charge < -0.3 is 10.1 Å². The Bertz CT molecular complexity index is 979. The number of anilines is 1. The highest BCUT2D eigenvalue weighted by molar-refractivity contribution is 6.30. The van der Waals surface area contributed by atoms with Gasteiger partial charge in [-0.25, -0.2) is 0 Å². The summed E-state index contributed by atoms with van der Waals surface area (Å²) in [6.45, 7) is 5.30. The highest BCUT2D eigenvalue weighted by Crippen LogP contribution is 2.42. The van der Waals surface area contributed by atoms with Crippen LogP contribution in [0, 0.1) is 5.92 Å². The quantitative estimate of drug-likeness (QED) is 0.352. The fourth-order valence-electron chi connectivity index (χ4n) is 5.35. The monoisotopic (exact) mass is 544 g/mol. The van der Waals surface area contributed by atoms with Gasteiger partial charge in [-0.2, -0.15) is 13.2 Å². The normalized spacial score (nSPS) is 23.3. The summed E-state index contributed by atoms with van der Waals surface area (Å²) in [7, 11) is 0. The SMILES string of the molecule is CC(C)(C)OC(=O)C1CCC(C(=O)NC2CCCCC2)(N(C(=O)CCl)c2cccc(C(F)(F)F)c2)CC1. The zero-order valence-electron chi connectivity index (χ0n) is 21.6. The van der Waals surface area contributed by atoms with E-state index in [1.807, 2.05) is 0 Å². The maximum Gasteiger partial charge on any atom is 0.416 e. The standard InChI is InChI=1S/C27H36ClF3N2O4/c1-25(2,3)37-23(35)18-12-14-26(15-13-18,24(36)32-20-9-5-4-6-10-20)33(22(34)17-28)21-11-7-8-19(16-21)27(29,30)31/h7-8,11,16,18,20H,4-6,9-10,12-15,17H2,1-3H3,(H,32,36). The third-order valence-corrected chi connectivity index (χ3v) is 7.37. The molecule has 0 bridgehead atoms. The molecule has 0 saturated heterocycles. The number of hydrogen-bond acceptors (Lipinski definition) is 4. The number of carbonyl (C=O) groups excluding carboxylic acids is 3. The summed E-state index contributed by atoms with van der Waals surface area (Å²) in [5.41, 5.74) is -3.13. The van der Waals surface area contributed by atoms with Crippen LogP contribution < -0.4 is 10.2 Å². The third-order valence-electron chi connectivity index (χ3n) is 7.14. The van der Waals surface area contributed by atoms with E-state index in [9.17, 15) is 27.6 Å². The molecule has 2 aliphatic rings. The number of nitrogens with zero attached hydrogens (tertiary/aromatic N) is 1. The number of alkyl halides is 4. The van der Waals surface area contributed by atoms with Gasteiger partial charge in [0.05, 0.1) is 11.5 Å². The van der Waals surface area contributed by atoms with Crippen LogP contribution in [-0.2, 0) is 25.3 Å². The molecule has 2 saturated carbocycles. The summed E-state index contributed by atoms with van der Waals surface area (Å²) < 4.78 is 46.1. The van der Waals surface area contributed by atoms with Crippen LogP contribution in [0.5, 0.6) is 0 Å². The van der Waals surface area contributed by atoms with Gasteiger partial charge in [0.25, 0.3) is 0 Å². The molecule has 0 heterocycles. The number of halogens is 4. The molecule has 37 heavy (non-hydrogen) atoms. The van der Waals surface area contributed by atoms with Gasteiger partial charge in [-0.05, 0) is 77.5 Å². The van der Waals surface area contributed by atoms with Crippen LogP contribution in [0.15, 0.2) is 24.3 Å². The Morgan fingerprint density at radius 1 is 1.05 bits per heavy atom. The second-order valence-electron chi connectivity index (χ2n) is 11.1. The number of nitrogens with one attached hydrogen (secondary N) is 1. The molecule has 1 aromatic carbocycles. The van der Waals surface area contributed by atoms with E-state index in [0.717, 1.165) is 49.1 Å². The number of carbonyl (C=O) groups is 3. The predicted octanol–water partition coefficient (Wildman–Crippen LogP) is 6.00. The van der Waals surface area contributed by atoms with Crippen LogP contribution >= 0.6 is 11.6 Å². The van der Waals surface area contributed by atoms with Crippen LogP contribution in [0.2, 0.25) is 0 Å². The summed E-state index contributed by atoms with van der Waals surface area (Å²) >= 11 is 5.94. The van der Waals surface area contributed by atoms with E-state index in [2.05, 4.69) is 5.32 Å². The first-order chi connectivity index (χ1) is 17.3. The van der Waals surface area contributed by atoms with E-state index in [1.54, 1.807) is 20.8 Å². The number of amides is 2. The highest BCUT2D eigenvalue weighted by atomic mass is 35.5. The van der Waals surface area contributed by atoms with Gasteiger partial charge in [0, 0.05) is 11.7 Å². The Labute approximate surface area is 221 Å². The molecule has 0 aromatic heterocycles. The van der Waals surface area contributed by atoms with Crippen molar-refractivity contribution in [1.82, 2.24) is 5.32 Å². The Morgan fingerprint density at radius 3 is 2.22 bits per heavy atom. The first kappa shape index (κ1) is 29.3. The van der Waals surface area contributed by atoms with Crippen LogP contribution in [0.3, 0.4) is 0 Å². The maximum absolute atomic E-state index is 13.9. The van der Waals surface area contributed by atoms with E-state index < -0.39 is 46.5 Å². The van der Waals surface area contributed by atoms with Gasteiger partial charge >= 0.3 is 12.1 Å². The largest absolute Gasteiger partial charge is 0.460 e. The maximum atomic E-state index is 13.9. The van der Waals surface area contributed by atoms with Gasteiger partial charge in [-0.1, -0.05) is 25.3 Å². The number of esters is 1. The Hall–Kier alpha value is -2.29. The predicted molar refractivity (Wildman–Crippen MR) is 135 cm³/mol. The van der Waals surface area contributed by atoms with Crippen LogP contribution in [0.4, 0.5) is 18.9 Å². The molecule has 2 amide bonds. The van der Waals surface area contributed by atoms with Gasteiger partial charge in [0.2, 0.25) is 11.8 Å². The molecule has 6 nitrogen and oxygen atoms in total. The molecule has 206 valence electrons. The van der Waals surface area contributed by atoms with Crippen LogP contribution in [-0.4, -0.2) is 40.8 Å². The van der Waals surface area contributed by atoms with Crippen molar-refractivity contribution >= 4 is 35.1 Å². The molecule has 0 aliphatic heterocycles. The van der Waals surface area contributed by atoms with E-state index >= 15 is 0 Å². The van der Waals surface area contributed by atoms with Crippen molar-refractivity contribution in [2.24, 2.45) is 5.92 Å². The molecule has 0 spiro atoms. The van der Waals surface area contributed by atoms with Gasteiger partial charge in [0.1, 0.15) is 17.0 Å². The van der Waals surface area contributed by atoms with E-state index in [-0.39, 0.29) is 43.4 Å². The minimum absolute atomic E-state index is 0.0463. The molecule has 10 heteroatoms. The summed E-state index contributed by atoms with van der Waals surface area (Å²) in [5.74, 6) is -2.47. The van der Waals surface area contributed by atoms with Crippen molar-refractivity contribution in [2.75, 3.05) is 10.8 Å². The molecule has 3 rings (SSSR count). The second kappa shape index (κ2) is 11.6. The third kappa shape index (κ3) is 7.18. The van der Waals surface area contributed by atoms with Gasteiger partial charge in [-0.15, -0.1) is 11.6 Å². The summed E-state index contributed by atoms with van der Waals surface area (Å²) in [6.07, 6.45) is 0.671. The second-order valence-corrected chi connectivity index (χ2v) is 11.3. The smallest absolute Gasteiger partial charge is 0.416 e. The molecule has 0 radical (unpaired) electrons. The number of rotatable bonds is 6. The van der Waals surface area contributed by atoms with E-state index in [4.69, 9.17) is 16.3 Å². The summed E-state index contributed by atoms with van der Waals surface area (Å²) in [4.78, 5) is 41.0. The van der Waals surface area contributed by atoms with Crippen molar-refractivity contribution in [2.45, 2.75) is 102 Å². The molecule has 0 unspecified atom stereocenters. The van der Waals surface area contributed by atoms with E-state index in [0.29, 0.717) is 0 Å². The van der Waals surface area contributed by atoms with Crippen LogP contribution in [0.25, 0.3) is 0 Å². The van der Waals surface area contributed by atoms with Crippen molar-refractivity contribution < 1.29 is 32.3 Å². The van der Waals surface area contributed by atoms with E-state index in [1.165, 1.54) is 12.1 Å². The van der Waals surface area contributed by atoms with Gasteiger partial charge in [-0.3, -0.25) is 19.3 Å². The van der Waals surface area contributed by atoms with Crippen LogP contribution in [0.1, 0.15) is 84.1 Å². The lowest BCUT2D eigenvalue weighted by Gasteiger charge is -2.47. The minimum Gasteiger partial charge on any atom is -0.460 e. The zero-order valence-corrected chi connectivity index (χ0v) is 22.4. The molecular formula is C27H36ClF3N2O4. The zero-order chi connectivity index (χ0) is 27.4. The fourth-order valence-corrected chi connectivity index (χ4v) is 5.47. The lowest BCUT2D eigenvalue weighted by molar-refractivity contribution is -0.162. The number of ether oxygens (including phenoxy) is 1. The van der Waals surface area contributed by atoms with Crippen molar-refractivity contribution in [3.05, 3.63) is 29.8 Å². The lowest BCUT2D eigenvalue weighted by atomic mass is 9.74. The highest BCUT2D eigenvalue weighted by Gasteiger charge is 2.51. The average molecular weight is 545 g/mol. The molecular weight excluding hydrogens is 509 g/mol. The molecule has 0 atom stereocenters. The first-order valence-corrected chi connectivity index (χ1v) is 13.4. The average Bonchev–Trinajstić information content (AvgIpc) is 2.83. The molecule has 1 N–H and O–H groups in total. The lowest BCUT2D eigenvalue weighted by Crippen LogP contribution is -2.64. The Kier molecular flexibility index (Phi) is 9.19. The summed E-state index contributed by atoms with van der Waals surface area (Å²) in [6, 6.07) is 4.32. The molecule has 2 aliphatic carbocycles. The topological polar surface area (TPSA) is 75.7 Å². The first-order valence-electron chi connectivity index (χ1n) is 12.9. The van der Waals surface area contributed by atoms with Crippen molar-refractivity contribution in [1.29, 1.82) is 0 Å². The number of benzene rings is 1.